The van der Waals surface area contributed by atoms with E-state index < -0.39 is 5.91 Å². The SMILES string of the molecule is COc1cc(Nc2nc(NC3CCCCC3N)ncc2C(N)=O)cc(OC)c1OC. The third-order valence-electron chi connectivity index (χ3n) is 5.12. The van der Waals surface area contributed by atoms with Crippen molar-refractivity contribution in [1.82, 2.24) is 9.97 Å². The Morgan fingerprint density at radius 2 is 1.77 bits per heavy atom. The smallest absolute Gasteiger partial charge is 0.254 e. The van der Waals surface area contributed by atoms with Crippen molar-refractivity contribution in [3.05, 3.63) is 23.9 Å². The molecule has 0 spiro atoms. The molecule has 3 rings (SSSR count). The molecule has 1 amide bonds. The largest absolute Gasteiger partial charge is 0.493 e. The fraction of sp³-hybridized carbons (Fsp3) is 0.450. The molecule has 1 aromatic carbocycles. The zero-order valence-electron chi connectivity index (χ0n) is 17.4. The number of nitrogens with two attached hydrogens (primary N) is 2. The average Bonchev–Trinajstić information content (AvgIpc) is 2.74. The number of amides is 1. The maximum atomic E-state index is 11.9. The van der Waals surface area contributed by atoms with Crippen LogP contribution in [0.5, 0.6) is 17.2 Å². The summed E-state index contributed by atoms with van der Waals surface area (Å²) in [5.41, 5.74) is 12.5. The van der Waals surface area contributed by atoms with Gasteiger partial charge in [0.15, 0.2) is 11.5 Å². The van der Waals surface area contributed by atoms with Crippen molar-refractivity contribution >= 4 is 23.4 Å². The van der Waals surface area contributed by atoms with Crippen LogP contribution in [0.25, 0.3) is 0 Å². The third-order valence-corrected chi connectivity index (χ3v) is 5.12. The molecule has 2 unspecified atom stereocenters. The van der Waals surface area contributed by atoms with Gasteiger partial charge >= 0.3 is 0 Å². The van der Waals surface area contributed by atoms with Crippen molar-refractivity contribution in [3.8, 4) is 17.2 Å². The zero-order valence-corrected chi connectivity index (χ0v) is 17.4. The number of nitrogens with zero attached hydrogens (tertiary/aromatic N) is 2. The van der Waals surface area contributed by atoms with E-state index in [1.165, 1.54) is 27.5 Å². The summed E-state index contributed by atoms with van der Waals surface area (Å²) in [7, 11) is 4.57. The summed E-state index contributed by atoms with van der Waals surface area (Å²) in [4.78, 5) is 20.6. The van der Waals surface area contributed by atoms with Gasteiger partial charge < -0.3 is 36.3 Å². The minimum atomic E-state index is -0.647. The average molecular weight is 416 g/mol. The van der Waals surface area contributed by atoms with E-state index >= 15 is 0 Å². The predicted molar refractivity (Wildman–Crippen MR) is 114 cm³/mol. The Morgan fingerprint density at radius 3 is 2.33 bits per heavy atom. The second-order valence-corrected chi connectivity index (χ2v) is 7.06. The Balaban J connectivity index is 1.93. The van der Waals surface area contributed by atoms with Gasteiger partial charge in [0, 0.05) is 36.1 Å². The van der Waals surface area contributed by atoms with Crippen LogP contribution in [0.15, 0.2) is 18.3 Å². The molecule has 0 bridgehead atoms. The van der Waals surface area contributed by atoms with Crippen LogP contribution in [0.2, 0.25) is 0 Å². The van der Waals surface area contributed by atoms with E-state index in [4.69, 9.17) is 25.7 Å². The van der Waals surface area contributed by atoms with Gasteiger partial charge in [0.2, 0.25) is 11.7 Å². The third kappa shape index (κ3) is 4.65. The molecule has 1 aromatic heterocycles. The van der Waals surface area contributed by atoms with E-state index in [0.29, 0.717) is 28.9 Å². The zero-order chi connectivity index (χ0) is 21.7. The number of hydrogen-bond donors (Lipinski definition) is 4. The summed E-state index contributed by atoms with van der Waals surface area (Å²) >= 11 is 0. The number of aromatic nitrogens is 2. The molecule has 1 saturated carbocycles. The van der Waals surface area contributed by atoms with Crippen LogP contribution in [-0.2, 0) is 0 Å². The second kappa shape index (κ2) is 9.49. The minimum absolute atomic E-state index is 0.0321. The number of carbonyl (C=O) groups is 1. The van der Waals surface area contributed by atoms with Crippen molar-refractivity contribution < 1.29 is 19.0 Å². The highest BCUT2D eigenvalue weighted by molar-refractivity contribution is 5.98. The van der Waals surface area contributed by atoms with Gasteiger partial charge in [-0.3, -0.25) is 4.79 Å². The predicted octanol–water partition coefficient (Wildman–Crippen LogP) is 2.03. The number of ether oxygens (including phenoxy) is 3. The Labute approximate surface area is 175 Å². The van der Waals surface area contributed by atoms with Gasteiger partial charge in [0.25, 0.3) is 5.91 Å². The number of rotatable bonds is 8. The van der Waals surface area contributed by atoms with Crippen LogP contribution < -0.4 is 36.3 Å². The molecule has 1 aliphatic rings. The first-order valence-electron chi connectivity index (χ1n) is 9.72. The number of anilines is 3. The Morgan fingerprint density at radius 1 is 1.10 bits per heavy atom. The number of methoxy groups -OCH3 is 3. The van der Waals surface area contributed by atoms with Crippen LogP contribution in [0.1, 0.15) is 36.0 Å². The lowest BCUT2D eigenvalue weighted by atomic mass is 9.91. The van der Waals surface area contributed by atoms with E-state index in [2.05, 4.69) is 20.6 Å². The minimum Gasteiger partial charge on any atom is -0.493 e. The molecule has 2 atom stereocenters. The Kier molecular flexibility index (Phi) is 6.78. The summed E-state index contributed by atoms with van der Waals surface area (Å²) in [5.74, 6) is 1.36. The quantitative estimate of drug-likeness (QED) is 0.507. The molecule has 162 valence electrons. The normalized spacial score (nSPS) is 18.4. The molecule has 0 radical (unpaired) electrons. The maximum Gasteiger partial charge on any atom is 0.254 e. The van der Waals surface area contributed by atoms with Gasteiger partial charge in [-0.25, -0.2) is 4.98 Å². The highest BCUT2D eigenvalue weighted by Crippen LogP contribution is 2.40. The summed E-state index contributed by atoms with van der Waals surface area (Å²) in [6.07, 6.45) is 5.51. The molecule has 6 N–H and O–H groups in total. The molecule has 1 fully saturated rings. The van der Waals surface area contributed by atoms with Crippen LogP contribution in [-0.4, -0.2) is 49.3 Å². The first-order chi connectivity index (χ1) is 14.5. The van der Waals surface area contributed by atoms with Crippen LogP contribution >= 0.6 is 0 Å². The van der Waals surface area contributed by atoms with Crippen molar-refractivity contribution in [2.75, 3.05) is 32.0 Å². The summed E-state index contributed by atoms with van der Waals surface area (Å²) in [6, 6.07) is 3.52. The van der Waals surface area contributed by atoms with Crippen molar-refractivity contribution in [3.63, 3.8) is 0 Å². The van der Waals surface area contributed by atoms with Gasteiger partial charge in [-0.15, -0.1) is 0 Å². The summed E-state index contributed by atoms with van der Waals surface area (Å²) in [5, 5.41) is 6.38. The Hall–Kier alpha value is -3.27. The maximum absolute atomic E-state index is 11.9. The summed E-state index contributed by atoms with van der Waals surface area (Å²) < 4.78 is 16.1. The number of hydrogen-bond acceptors (Lipinski definition) is 9. The standard InChI is InChI=1S/C20H28N6O4/c1-28-15-8-11(9-16(29-2)17(15)30-3)24-19-12(18(22)27)10-23-20(26-19)25-14-7-5-4-6-13(14)21/h8-10,13-14H,4-7,21H2,1-3H3,(H2,22,27)(H2,23,24,25,26). The van der Waals surface area contributed by atoms with E-state index in [1.807, 2.05) is 0 Å². The van der Waals surface area contributed by atoms with Crippen LogP contribution in [0.3, 0.4) is 0 Å². The fourth-order valence-electron chi connectivity index (χ4n) is 3.52. The molecule has 1 aliphatic carbocycles. The van der Waals surface area contributed by atoms with Crippen molar-refractivity contribution in [2.45, 2.75) is 37.8 Å². The van der Waals surface area contributed by atoms with E-state index in [1.54, 1.807) is 12.1 Å². The van der Waals surface area contributed by atoms with Crippen LogP contribution in [0, 0.1) is 0 Å². The van der Waals surface area contributed by atoms with Crippen molar-refractivity contribution in [1.29, 1.82) is 0 Å². The van der Waals surface area contributed by atoms with Gasteiger partial charge in [0.05, 0.1) is 21.3 Å². The molecule has 10 heteroatoms. The van der Waals surface area contributed by atoms with Crippen LogP contribution in [0.4, 0.5) is 17.5 Å². The number of nitrogens with one attached hydrogen (secondary N) is 2. The topological polar surface area (TPSA) is 147 Å². The molecule has 0 aliphatic heterocycles. The molecule has 2 aromatic rings. The molecule has 30 heavy (non-hydrogen) atoms. The van der Waals surface area contributed by atoms with Gasteiger partial charge in [-0.1, -0.05) is 12.8 Å². The van der Waals surface area contributed by atoms with Crippen molar-refractivity contribution in [2.24, 2.45) is 11.5 Å². The highest BCUT2D eigenvalue weighted by Gasteiger charge is 2.23. The molecule has 0 saturated heterocycles. The monoisotopic (exact) mass is 416 g/mol. The number of carbonyl (C=O) groups excluding carboxylic acids is 1. The highest BCUT2D eigenvalue weighted by atomic mass is 16.5. The van der Waals surface area contributed by atoms with E-state index in [-0.39, 0.29) is 23.5 Å². The molecular formula is C20H28N6O4. The van der Waals surface area contributed by atoms with E-state index in [9.17, 15) is 4.79 Å². The lowest BCUT2D eigenvalue weighted by molar-refractivity contribution is 0.100. The molecule has 10 nitrogen and oxygen atoms in total. The van der Waals surface area contributed by atoms with Gasteiger partial charge in [-0.05, 0) is 12.8 Å². The number of primary amides is 1. The number of benzene rings is 1. The lowest BCUT2D eigenvalue weighted by Crippen LogP contribution is -2.43. The molecular weight excluding hydrogens is 388 g/mol. The van der Waals surface area contributed by atoms with Gasteiger partial charge in [-0.2, -0.15) is 4.98 Å². The summed E-state index contributed by atoms with van der Waals surface area (Å²) in [6.45, 7) is 0. The van der Waals surface area contributed by atoms with Gasteiger partial charge in [0.1, 0.15) is 11.4 Å². The lowest BCUT2D eigenvalue weighted by Gasteiger charge is -2.29. The molecule has 1 heterocycles. The fourth-order valence-corrected chi connectivity index (χ4v) is 3.52. The van der Waals surface area contributed by atoms with E-state index in [0.717, 1.165) is 25.7 Å². The Bertz CT molecular complexity index is 882. The first kappa shape index (κ1) is 21.4. The first-order valence-corrected chi connectivity index (χ1v) is 9.72. The second-order valence-electron chi connectivity index (χ2n) is 7.06.